The molecule has 1 unspecified atom stereocenters. The number of hydrogen-bond donors (Lipinski definition) is 0. The van der Waals surface area contributed by atoms with E-state index in [9.17, 15) is 4.79 Å². The molecular formula is C18H31N3O. The van der Waals surface area contributed by atoms with E-state index in [2.05, 4.69) is 18.9 Å². The molecule has 0 aliphatic heterocycles. The van der Waals surface area contributed by atoms with Gasteiger partial charge in [-0.3, -0.25) is 9.48 Å². The Kier molecular flexibility index (Phi) is 5.65. The molecule has 4 heteroatoms. The van der Waals surface area contributed by atoms with Crippen molar-refractivity contribution >= 4 is 5.91 Å². The van der Waals surface area contributed by atoms with Crippen molar-refractivity contribution in [3.8, 4) is 0 Å². The van der Waals surface area contributed by atoms with Crippen LogP contribution < -0.4 is 0 Å². The minimum atomic E-state index is 0.135. The minimum Gasteiger partial charge on any atom is -0.339 e. The fraction of sp³-hybridized carbons (Fsp3) is 0.778. The van der Waals surface area contributed by atoms with Gasteiger partial charge in [-0.2, -0.15) is 5.10 Å². The third-order valence-electron chi connectivity index (χ3n) is 5.29. The molecule has 124 valence electrons. The molecule has 1 fully saturated rings. The normalized spacial score (nSPS) is 17.5. The van der Waals surface area contributed by atoms with E-state index in [0.717, 1.165) is 29.9 Å². The van der Waals surface area contributed by atoms with Crippen molar-refractivity contribution in [3.05, 3.63) is 17.0 Å². The van der Waals surface area contributed by atoms with Gasteiger partial charge in [-0.15, -0.1) is 0 Å². The summed E-state index contributed by atoms with van der Waals surface area (Å²) in [7, 11) is 1.96. The first-order valence-corrected chi connectivity index (χ1v) is 8.78. The second-order valence-corrected chi connectivity index (χ2v) is 6.82. The average Bonchev–Trinajstić information content (AvgIpc) is 2.80. The van der Waals surface area contributed by atoms with Gasteiger partial charge < -0.3 is 4.90 Å². The summed E-state index contributed by atoms with van der Waals surface area (Å²) >= 11 is 0. The molecular weight excluding hydrogens is 274 g/mol. The largest absolute Gasteiger partial charge is 0.339 e. The Morgan fingerprint density at radius 2 is 1.95 bits per heavy atom. The lowest BCUT2D eigenvalue weighted by atomic mass is 9.84. The summed E-state index contributed by atoms with van der Waals surface area (Å²) in [6.07, 6.45) is 7.51. The number of nitrogens with zero attached hydrogens (tertiary/aromatic N) is 3. The SMILES string of the molecule is CCCn1nc(C)c(C(=O)N(C)C(C)C2CCCCC2)c1C. The maximum atomic E-state index is 13.0. The molecule has 2 rings (SSSR count). The van der Waals surface area contributed by atoms with Crippen molar-refractivity contribution in [1.29, 1.82) is 0 Å². The van der Waals surface area contributed by atoms with Crippen molar-refractivity contribution < 1.29 is 4.79 Å². The smallest absolute Gasteiger partial charge is 0.257 e. The Hall–Kier alpha value is -1.32. The summed E-state index contributed by atoms with van der Waals surface area (Å²) in [6.45, 7) is 9.18. The molecule has 1 atom stereocenters. The van der Waals surface area contributed by atoms with Crippen molar-refractivity contribution in [1.82, 2.24) is 14.7 Å². The van der Waals surface area contributed by atoms with Crippen molar-refractivity contribution in [2.75, 3.05) is 7.05 Å². The van der Waals surface area contributed by atoms with E-state index in [1.165, 1.54) is 32.1 Å². The minimum absolute atomic E-state index is 0.135. The van der Waals surface area contributed by atoms with Gasteiger partial charge in [-0.05, 0) is 46.0 Å². The molecule has 22 heavy (non-hydrogen) atoms. The van der Waals surface area contributed by atoms with E-state index in [1.807, 2.05) is 30.5 Å². The van der Waals surface area contributed by atoms with E-state index >= 15 is 0 Å². The fourth-order valence-electron chi connectivity index (χ4n) is 3.73. The first-order chi connectivity index (χ1) is 10.5. The highest BCUT2D eigenvalue weighted by molar-refractivity contribution is 5.96. The van der Waals surface area contributed by atoms with Crippen molar-refractivity contribution in [3.63, 3.8) is 0 Å². The van der Waals surface area contributed by atoms with Gasteiger partial charge >= 0.3 is 0 Å². The van der Waals surface area contributed by atoms with Crippen LogP contribution in [0.4, 0.5) is 0 Å². The van der Waals surface area contributed by atoms with Gasteiger partial charge in [0.05, 0.1) is 11.3 Å². The molecule has 1 saturated carbocycles. The van der Waals surface area contributed by atoms with Crippen LogP contribution in [0.2, 0.25) is 0 Å². The molecule has 1 amide bonds. The number of carbonyl (C=O) groups excluding carboxylic acids is 1. The molecule has 4 nitrogen and oxygen atoms in total. The Balaban J connectivity index is 2.16. The van der Waals surface area contributed by atoms with Crippen LogP contribution in [0.25, 0.3) is 0 Å². The van der Waals surface area contributed by atoms with Crippen LogP contribution in [0, 0.1) is 19.8 Å². The standard InChI is InChI=1S/C18H31N3O/c1-6-12-21-15(4)17(13(2)19-21)18(22)20(5)14(3)16-10-8-7-9-11-16/h14,16H,6-12H2,1-5H3. The summed E-state index contributed by atoms with van der Waals surface area (Å²) in [4.78, 5) is 14.9. The summed E-state index contributed by atoms with van der Waals surface area (Å²) < 4.78 is 1.97. The highest BCUT2D eigenvalue weighted by atomic mass is 16.2. The number of hydrogen-bond acceptors (Lipinski definition) is 2. The van der Waals surface area contributed by atoms with Crippen LogP contribution in [-0.2, 0) is 6.54 Å². The van der Waals surface area contributed by atoms with Gasteiger partial charge in [0.2, 0.25) is 0 Å². The Morgan fingerprint density at radius 1 is 1.32 bits per heavy atom. The van der Waals surface area contributed by atoms with E-state index in [-0.39, 0.29) is 5.91 Å². The van der Waals surface area contributed by atoms with Crippen LogP contribution >= 0.6 is 0 Å². The second kappa shape index (κ2) is 7.30. The first-order valence-electron chi connectivity index (χ1n) is 8.78. The first kappa shape index (κ1) is 17.0. The van der Waals surface area contributed by atoms with Gasteiger partial charge in [0.25, 0.3) is 5.91 Å². The molecule has 1 aromatic heterocycles. The summed E-state index contributed by atoms with van der Waals surface area (Å²) in [5, 5.41) is 4.54. The average molecular weight is 305 g/mol. The Bertz CT molecular complexity index is 515. The second-order valence-electron chi connectivity index (χ2n) is 6.82. The van der Waals surface area contributed by atoms with Gasteiger partial charge in [-0.25, -0.2) is 0 Å². The predicted molar refractivity (Wildman–Crippen MR) is 90.1 cm³/mol. The van der Waals surface area contributed by atoms with Crippen molar-refractivity contribution in [2.24, 2.45) is 5.92 Å². The molecule has 1 aromatic rings. The third-order valence-corrected chi connectivity index (χ3v) is 5.29. The molecule has 0 saturated heterocycles. The van der Waals surface area contributed by atoms with Crippen LogP contribution in [-0.4, -0.2) is 33.7 Å². The molecule has 1 aliphatic carbocycles. The summed E-state index contributed by atoms with van der Waals surface area (Å²) in [5.41, 5.74) is 2.67. The zero-order valence-corrected chi connectivity index (χ0v) is 14.9. The fourth-order valence-corrected chi connectivity index (χ4v) is 3.73. The molecule has 0 N–H and O–H groups in total. The lowest BCUT2D eigenvalue weighted by molar-refractivity contribution is 0.0664. The predicted octanol–water partition coefficient (Wildman–Crippen LogP) is 3.95. The summed E-state index contributed by atoms with van der Waals surface area (Å²) in [5.74, 6) is 0.782. The van der Waals surface area contributed by atoms with E-state index in [0.29, 0.717) is 12.0 Å². The number of aryl methyl sites for hydroxylation is 2. The quantitative estimate of drug-likeness (QED) is 0.826. The highest BCUT2D eigenvalue weighted by Crippen LogP contribution is 2.29. The molecule has 0 radical (unpaired) electrons. The van der Waals surface area contributed by atoms with Crippen LogP contribution in [0.5, 0.6) is 0 Å². The molecule has 1 heterocycles. The van der Waals surface area contributed by atoms with Crippen LogP contribution in [0.1, 0.15) is 74.1 Å². The van der Waals surface area contributed by atoms with Gasteiger partial charge in [-0.1, -0.05) is 26.2 Å². The zero-order valence-electron chi connectivity index (χ0n) is 14.9. The van der Waals surface area contributed by atoms with E-state index in [1.54, 1.807) is 0 Å². The maximum absolute atomic E-state index is 13.0. The molecule has 1 aliphatic rings. The van der Waals surface area contributed by atoms with E-state index < -0.39 is 0 Å². The number of carbonyl (C=O) groups is 1. The van der Waals surface area contributed by atoms with Gasteiger partial charge in [0, 0.05) is 25.3 Å². The number of aromatic nitrogens is 2. The number of rotatable bonds is 5. The summed E-state index contributed by atoms with van der Waals surface area (Å²) in [6, 6.07) is 0.307. The van der Waals surface area contributed by atoms with Crippen LogP contribution in [0.3, 0.4) is 0 Å². The monoisotopic (exact) mass is 305 g/mol. The molecule has 0 aromatic carbocycles. The lowest BCUT2D eigenvalue weighted by Gasteiger charge is -2.34. The molecule has 0 spiro atoms. The number of amides is 1. The zero-order chi connectivity index (χ0) is 16.3. The van der Waals surface area contributed by atoms with Crippen molar-refractivity contribution in [2.45, 2.75) is 78.8 Å². The topological polar surface area (TPSA) is 38.1 Å². The maximum Gasteiger partial charge on any atom is 0.257 e. The highest BCUT2D eigenvalue weighted by Gasteiger charge is 2.29. The third kappa shape index (κ3) is 3.36. The van der Waals surface area contributed by atoms with Gasteiger partial charge in [0.15, 0.2) is 0 Å². The molecule has 0 bridgehead atoms. The van der Waals surface area contributed by atoms with Crippen LogP contribution in [0.15, 0.2) is 0 Å². The lowest BCUT2D eigenvalue weighted by Crippen LogP contribution is -2.41. The van der Waals surface area contributed by atoms with E-state index in [4.69, 9.17) is 0 Å². The van der Waals surface area contributed by atoms with Gasteiger partial charge in [0.1, 0.15) is 0 Å². The Labute approximate surface area is 134 Å². The Morgan fingerprint density at radius 3 is 2.55 bits per heavy atom.